The quantitative estimate of drug-likeness (QED) is 0.0222. The highest BCUT2D eigenvalue weighted by atomic mass is 31.2. The second-order valence-electron chi connectivity index (χ2n) is 31.5. The molecule has 0 saturated carbocycles. The van der Waals surface area contributed by atoms with Crippen molar-refractivity contribution in [1.29, 1.82) is 0 Å². The van der Waals surface area contributed by atoms with Gasteiger partial charge in [-0.2, -0.15) is 0 Å². The summed E-state index contributed by atoms with van der Waals surface area (Å²) in [5.41, 5.74) is 0. The first-order valence-electron chi connectivity index (χ1n) is 44.0. The predicted octanol–water partition coefficient (Wildman–Crippen LogP) is 25.8. The monoisotopic (exact) mass is 1520 g/mol. The summed E-state index contributed by atoms with van der Waals surface area (Å²) in [4.78, 5) is 73.1. The first-order chi connectivity index (χ1) is 50.4. The van der Waals surface area contributed by atoms with Crippen molar-refractivity contribution in [3.05, 3.63) is 0 Å². The van der Waals surface area contributed by atoms with Crippen LogP contribution in [0.3, 0.4) is 0 Å². The third kappa shape index (κ3) is 78.2. The SMILES string of the molecule is CCCCCCCCCCCCCCCCCC(=O)O[C@H](COC(=O)CCCCCCCCCCC)COP(=O)(O)OC[C@H](O)COP(=O)(O)OC[C@@H](COC(=O)CCCCCCCCCCCCCCCCCCC(C)C)OC(=O)CCCCCCCCCCCCCCCCCCCCC(C)C. The average molecular weight is 1520 g/mol. The van der Waals surface area contributed by atoms with E-state index in [1.165, 1.54) is 270 Å². The highest BCUT2D eigenvalue weighted by Crippen LogP contribution is 2.45. The van der Waals surface area contributed by atoms with E-state index in [1.807, 2.05) is 0 Å². The highest BCUT2D eigenvalue weighted by molar-refractivity contribution is 7.47. The van der Waals surface area contributed by atoms with Gasteiger partial charge in [-0.25, -0.2) is 9.13 Å². The lowest BCUT2D eigenvalue weighted by atomic mass is 10.0. The Kier molecular flexibility index (Phi) is 75.0. The minimum Gasteiger partial charge on any atom is -0.462 e. The summed E-state index contributed by atoms with van der Waals surface area (Å²) >= 11 is 0. The maximum atomic E-state index is 13.1. The van der Waals surface area contributed by atoms with Gasteiger partial charge in [0.1, 0.15) is 19.3 Å². The molecule has 3 N–H and O–H groups in total. The topological polar surface area (TPSA) is 237 Å². The smallest absolute Gasteiger partial charge is 0.462 e. The van der Waals surface area contributed by atoms with Gasteiger partial charge in [0, 0.05) is 25.7 Å². The number of hydrogen-bond donors (Lipinski definition) is 3. The van der Waals surface area contributed by atoms with Crippen molar-refractivity contribution in [1.82, 2.24) is 0 Å². The van der Waals surface area contributed by atoms with Gasteiger partial charge in [-0.1, -0.05) is 401 Å². The summed E-state index contributed by atoms with van der Waals surface area (Å²) in [5.74, 6) is -0.470. The lowest BCUT2D eigenvalue weighted by Gasteiger charge is -2.21. The Balaban J connectivity index is 5.21. The van der Waals surface area contributed by atoms with Gasteiger partial charge in [0.05, 0.1) is 26.4 Å². The molecule has 0 aliphatic heterocycles. The maximum absolute atomic E-state index is 13.1. The van der Waals surface area contributed by atoms with Crippen LogP contribution in [0.4, 0.5) is 0 Å². The maximum Gasteiger partial charge on any atom is 0.472 e. The molecular formula is C85H166O17P2. The zero-order chi connectivity index (χ0) is 76.4. The van der Waals surface area contributed by atoms with E-state index >= 15 is 0 Å². The van der Waals surface area contributed by atoms with E-state index in [2.05, 4.69) is 41.5 Å². The summed E-state index contributed by atoms with van der Waals surface area (Å²) in [5, 5.41) is 10.7. The van der Waals surface area contributed by atoms with Crippen molar-refractivity contribution < 1.29 is 80.2 Å². The first kappa shape index (κ1) is 102. The molecule has 104 heavy (non-hydrogen) atoms. The molecule has 0 rings (SSSR count). The van der Waals surface area contributed by atoms with Crippen LogP contribution in [0.5, 0.6) is 0 Å². The van der Waals surface area contributed by atoms with Gasteiger partial charge in [-0.15, -0.1) is 0 Å². The standard InChI is InChI=1S/C85H166O17P2/c1-7-9-11-13-15-17-18-19-26-34-39-45-51-57-63-69-84(89)101-80(73-95-82(87)67-61-55-49-41-16-14-12-10-8-2)75-99-103(91,92)97-71-79(86)72-98-104(93,94)100-76-81(74-96-83(88)68-62-56-50-44-38-33-29-25-24-28-32-37-43-48-54-60-66-78(5)6)102-85(90)70-64-58-52-46-40-35-30-23-21-20-22-27-31-36-42-47-53-59-65-77(3)4/h77-81,86H,7-76H2,1-6H3,(H,91,92)(H,93,94)/t79-,80+,81+/m0/s1. The fourth-order valence-electron chi connectivity index (χ4n) is 13.2. The molecular weight excluding hydrogens is 1350 g/mol. The van der Waals surface area contributed by atoms with E-state index in [0.717, 1.165) is 102 Å². The Labute approximate surface area is 638 Å². The Morgan fingerprint density at radius 2 is 0.442 bits per heavy atom. The molecule has 17 nitrogen and oxygen atoms in total. The summed E-state index contributed by atoms with van der Waals surface area (Å²) in [7, 11) is -9.92. The number of unbranched alkanes of at least 4 members (excludes halogenated alkanes) is 54. The fourth-order valence-corrected chi connectivity index (χ4v) is 14.8. The number of carbonyl (C=O) groups excluding carboxylic acids is 4. The van der Waals surface area contributed by atoms with E-state index < -0.39 is 97.5 Å². The number of aliphatic hydroxyl groups excluding tert-OH is 1. The van der Waals surface area contributed by atoms with Crippen LogP contribution in [0, 0.1) is 11.8 Å². The van der Waals surface area contributed by atoms with Crippen molar-refractivity contribution in [2.24, 2.45) is 11.8 Å². The largest absolute Gasteiger partial charge is 0.472 e. The molecule has 0 aromatic carbocycles. The van der Waals surface area contributed by atoms with Crippen LogP contribution in [0.15, 0.2) is 0 Å². The molecule has 5 atom stereocenters. The van der Waals surface area contributed by atoms with Gasteiger partial charge in [-0.05, 0) is 37.5 Å². The number of phosphoric acid groups is 2. The molecule has 0 bridgehead atoms. The highest BCUT2D eigenvalue weighted by Gasteiger charge is 2.30. The zero-order valence-electron chi connectivity index (χ0n) is 68.3. The van der Waals surface area contributed by atoms with E-state index in [4.69, 9.17) is 37.0 Å². The first-order valence-corrected chi connectivity index (χ1v) is 47.0. The molecule has 0 aromatic rings. The van der Waals surface area contributed by atoms with Gasteiger partial charge in [0.2, 0.25) is 0 Å². The van der Waals surface area contributed by atoms with Crippen LogP contribution in [0.25, 0.3) is 0 Å². The molecule has 0 aliphatic rings. The third-order valence-electron chi connectivity index (χ3n) is 20.0. The van der Waals surface area contributed by atoms with Gasteiger partial charge >= 0.3 is 39.5 Å². The lowest BCUT2D eigenvalue weighted by molar-refractivity contribution is -0.161. The third-order valence-corrected chi connectivity index (χ3v) is 21.9. The van der Waals surface area contributed by atoms with Crippen molar-refractivity contribution >= 4 is 39.5 Å². The Bertz CT molecular complexity index is 1990. The molecule has 0 fully saturated rings. The molecule has 0 saturated heterocycles. The predicted molar refractivity (Wildman–Crippen MR) is 428 cm³/mol. The molecule has 0 radical (unpaired) electrons. The average Bonchev–Trinajstić information content (AvgIpc) is 0.904. The van der Waals surface area contributed by atoms with E-state index in [1.54, 1.807) is 0 Å². The van der Waals surface area contributed by atoms with Gasteiger partial charge in [0.25, 0.3) is 0 Å². The minimum atomic E-state index is -4.96. The molecule has 19 heteroatoms. The van der Waals surface area contributed by atoms with Crippen LogP contribution in [-0.4, -0.2) is 96.7 Å². The van der Waals surface area contributed by atoms with Crippen molar-refractivity contribution in [2.45, 2.75) is 471 Å². The second-order valence-corrected chi connectivity index (χ2v) is 34.4. The van der Waals surface area contributed by atoms with Crippen LogP contribution in [0.1, 0.15) is 452 Å². The van der Waals surface area contributed by atoms with Gasteiger partial charge in [-0.3, -0.25) is 37.3 Å². The van der Waals surface area contributed by atoms with Crippen LogP contribution >= 0.6 is 15.6 Å². The van der Waals surface area contributed by atoms with E-state index in [9.17, 15) is 43.2 Å². The normalized spacial score (nSPS) is 13.8. The Morgan fingerprint density at radius 3 is 0.654 bits per heavy atom. The number of aliphatic hydroxyl groups is 1. The molecule has 0 amide bonds. The molecule has 2 unspecified atom stereocenters. The summed E-state index contributed by atoms with van der Waals surface area (Å²) < 4.78 is 68.8. The number of ether oxygens (including phenoxy) is 4. The summed E-state index contributed by atoms with van der Waals surface area (Å²) in [6, 6.07) is 0. The Morgan fingerprint density at radius 1 is 0.260 bits per heavy atom. The van der Waals surface area contributed by atoms with Crippen LogP contribution < -0.4 is 0 Å². The number of phosphoric ester groups is 2. The number of hydrogen-bond acceptors (Lipinski definition) is 15. The minimum absolute atomic E-state index is 0.108. The molecule has 0 aromatic heterocycles. The summed E-state index contributed by atoms with van der Waals surface area (Å²) in [6.07, 6.45) is 68.0. The summed E-state index contributed by atoms with van der Waals surface area (Å²) in [6.45, 7) is 9.72. The van der Waals surface area contributed by atoms with Crippen molar-refractivity contribution in [3.8, 4) is 0 Å². The van der Waals surface area contributed by atoms with Gasteiger partial charge < -0.3 is 33.8 Å². The molecule has 0 spiro atoms. The van der Waals surface area contributed by atoms with Crippen LogP contribution in [-0.2, 0) is 65.4 Å². The van der Waals surface area contributed by atoms with Crippen LogP contribution in [0.2, 0.25) is 0 Å². The van der Waals surface area contributed by atoms with Crippen molar-refractivity contribution in [3.63, 3.8) is 0 Å². The molecule has 0 heterocycles. The number of carbonyl (C=O) groups is 4. The number of esters is 4. The zero-order valence-corrected chi connectivity index (χ0v) is 70.1. The van der Waals surface area contributed by atoms with E-state index in [-0.39, 0.29) is 25.7 Å². The van der Waals surface area contributed by atoms with Gasteiger partial charge in [0.15, 0.2) is 12.2 Å². The number of rotatable bonds is 84. The van der Waals surface area contributed by atoms with E-state index in [0.29, 0.717) is 25.7 Å². The van der Waals surface area contributed by atoms with Crippen molar-refractivity contribution in [2.75, 3.05) is 39.6 Å². The molecule has 618 valence electrons. The lowest BCUT2D eigenvalue weighted by Crippen LogP contribution is -2.30. The fraction of sp³-hybridized carbons (Fsp3) is 0.953. The second kappa shape index (κ2) is 76.4. The molecule has 0 aliphatic carbocycles. The Hall–Kier alpha value is -1.94.